The van der Waals surface area contributed by atoms with E-state index < -0.39 is 6.09 Å². The van der Waals surface area contributed by atoms with Crippen LogP contribution in [-0.4, -0.2) is 26.5 Å². The molecule has 3 rings (SSSR count). The lowest BCUT2D eigenvalue weighted by Gasteiger charge is -2.19. The zero-order valence-corrected chi connectivity index (χ0v) is 12.8. The molecule has 1 aliphatic heterocycles. The van der Waals surface area contributed by atoms with Crippen molar-refractivity contribution in [2.75, 3.05) is 25.3 Å². The second kappa shape index (κ2) is 6.48. The van der Waals surface area contributed by atoms with E-state index in [-0.39, 0.29) is 6.79 Å². The number of furan rings is 1. The number of hydrogen-bond donors (Lipinski definition) is 0. The minimum atomic E-state index is -0.474. The molecular formula is C17H17NO5. The average Bonchev–Trinajstić information content (AvgIpc) is 3.25. The maximum atomic E-state index is 11.9. The lowest BCUT2D eigenvalue weighted by atomic mass is 10.0. The molecule has 2 heterocycles. The Morgan fingerprint density at radius 2 is 2.13 bits per heavy atom. The molecule has 0 bridgehead atoms. The van der Waals surface area contributed by atoms with Crippen molar-refractivity contribution in [2.24, 2.45) is 0 Å². The van der Waals surface area contributed by atoms with Crippen LogP contribution in [0.2, 0.25) is 0 Å². The number of hydrogen-bond acceptors (Lipinski definition) is 5. The van der Waals surface area contributed by atoms with E-state index in [4.69, 9.17) is 18.6 Å². The SMILES string of the molecule is C=C(CCN(C(=O)OC)c1ccco1)c1ccc2c(c1)OCO2. The maximum Gasteiger partial charge on any atom is 0.416 e. The third-order valence-electron chi connectivity index (χ3n) is 3.59. The molecule has 2 aromatic rings. The van der Waals surface area contributed by atoms with Gasteiger partial charge >= 0.3 is 6.09 Å². The topological polar surface area (TPSA) is 61.1 Å². The van der Waals surface area contributed by atoms with Gasteiger partial charge in [0.25, 0.3) is 0 Å². The van der Waals surface area contributed by atoms with Gasteiger partial charge in [-0.25, -0.2) is 9.69 Å². The molecule has 1 aromatic carbocycles. The summed E-state index contributed by atoms with van der Waals surface area (Å²) in [5, 5.41) is 0. The monoisotopic (exact) mass is 315 g/mol. The van der Waals surface area contributed by atoms with Crippen LogP contribution in [0.5, 0.6) is 11.5 Å². The molecule has 6 nitrogen and oxygen atoms in total. The van der Waals surface area contributed by atoms with Gasteiger partial charge in [0.05, 0.1) is 13.4 Å². The number of carbonyl (C=O) groups excluding carboxylic acids is 1. The second-order valence-electron chi connectivity index (χ2n) is 4.99. The highest BCUT2D eigenvalue weighted by atomic mass is 16.7. The van der Waals surface area contributed by atoms with Crippen LogP contribution in [0.3, 0.4) is 0 Å². The summed E-state index contributed by atoms with van der Waals surface area (Å²) in [4.78, 5) is 13.3. The lowest BCUT2D eigenvalue weighted by Crippen LogP contribution is -2.31. The molecule has 0 saturated heterocycles. The molecule has 23 heavy (non-hydrogen) atoms. The number of carbonyl (C=O) groups is 1. The van der Waals surface area contributed by atoms with Crippen molar-refractivity contribution >= 4 is 17.6 Å². The average molecular weight is 315 g/mol. The third kappa shape index (κ3) is 3.15. The maximum absolute atomic E-state index is 11.9. The Hall–Kier alpha value is -2.89. The Kier molecular flexibility index (Phi) is 4.23. The molecule has 0 saturated carbocycles. The molecule has 1 aliphatic rings. The van der Waals surface area contributed by atoms with Gasteiger partial charge in [0.1, 0.15) is 0 Å². The van der Waals surface area contributed by atoms with Crippen molar-refractivity contribution in [1.29, 1.82) is 0 Å². The number of methoxy groups -OCH3 is 1. The van der Waals surface area contributed by atoms with Gasteiger partial charge in [0.2, 0.25) is 12.7 Å². The van der Waals surface area contributed by atoms with Crippen molar-refractivity contribution in [3.63, 3.8) is 0 Å². The zero-order chi connectivity index (χ0) is 16.2. The number of nitrogens with zero attached hydrogens (tertiary/aromatic N) is 1. The van der Waals surface area contributed by atoms with Crippen LogP contribution in [0.25, 0.3) is 5.57 Å². The van der Waals surface area contributed by atoms with Gasteiger partial charge in [-0.2, -0.15) is 0 Å². The van der Waals surface area contributed by atoms with Gasteiger partial charge in [-0.05, 0) is 35.8 Å². The summed E-state index contributed by atoms with van der Waals surface area (Å²) in [5.41, 5.74) is 1.82. The van der Waals surface area contributed by atoms with Crippen LogP contribution in [-0.2, 0) is 4.74 Å². The molecule has 0 aliphatic carbocycles. The van der Waals surface area contributed by atoms with Crippen LogP contribution in [0.15, 0.2) is 47.6 Å². The Labute approximate surface area is 133 Å². The van der Waals surface area contributed by atoms with Crippen molar-refractivity contribution in [2.45, 2.75) is 6.42 Å². The molecule has 0 N–H and O–H groups in total. The molecule has 0 atom stereocenters. The predicted octanol–water partition coefficient (Wildman–Crippen LogP) is 3.68. The minimum absolute atomic E-state index is 0.236. The highest BCUT2D eigenvalue weighted by Crippen LogP contribution is 2.34. The highest BCUT2D eigenvalue weighted by Gasteiger charge is 2.19. The van der Waals surface area contributed by atoms with Crippen LogP contribution in [0, 0.1) is 0 Å². The van der Waals surface area contributed by atoms with Gasteiger partial charge in [-0.3, -0.25) is 0 Å². The van der Waals surface area contributed by atoms with E-state index in [1.54, 1.807) is 12.1 Å². The Bertz CT molecular complexity index is 708. The first kappa shape index (κ1) is 15.0. The summed E-state index contributed by atoms with van der Waals surface area (Å²) in [6.45, 7) is 4.72. The second-order valence-corrected chi connectivity index (χ2v) is 4.99. The largest absolute Gasteiger partial charge is 0.454 e. The van der Waals surface area contributed by atoms with Crippen molar-refractivity contribution in [1.82, 2.24) is 0 Å². The molecule has 1 amide bonds. The van der Waals surface area contributed by atoms with Gasteiger partial charge < -0.3 is 18.6 Å². The van der Waals surface area contributed by atoms with Crippen LogP contribution >= 0.6 is 0 Å². The van der Waals surface area contributed by atoms with Gasteiger partial charge in [0.15, 0.2) is 11.5 Å². The molecule has 0 fully saturated rings. The highest BCUT2D eigenvalue weighted by molar-refractivity contribution is 5.86. The van der Waals surface area contributed by atoms with E-state index in [9.17, 15) is 4.79 Å². The number of amides is 1. The summed E-state index contributed by atoms with van der Waals surface area (Å²) in [7, 11) is 1.34. The van der Waals surface area contributed by atoms with Crippen LogP contribution in [0.1, 0.15) is 12.0 Å². The molecule has 1 aromatic heterocycles. The van der Waals surface area contributed by atoms with E-state index in [2.05, 4.69) is 6.58 Å². The fourth-order valence-corrected chi connectivity index (χ4v) is 2.33. The molecule has 6 heteroatoms. The smallest absolute Gasteiger partial charge is 0.416 e. The standard InChI is InChI=1S/C17H17NO5/c1-12(13-5-6-14-15(10-13)23-11-22-14)7-8-18(17(19)20-2)16-4-3-9-21-16/h3-6,9-10H,1,7-8,11H2,2H3. The lowest BCUT2D eigenvalue weighted by molar-refractivity contribution is 0.174. The molecule has 0 spiro atoms. The summed E-state index contributed by atoms with van der Waals surface area (Å²) in [6.07, 6.45) is 1.60. The number of anilines is 1. The zero-order valence-electron chi connectivity index (χ0n) is 12.8. The summed E-state index contributed by atoms with van der Waals surface area (Å²) < 4.78 is 20.7. The number of ether oxygens (including phenoxy) is 3. The van der Waals surface area contributed by atoms with Crippen LogP contribution in [0.4, 0.5) is 10.7 Å². The van der Waals surface area contributed by atoms with Gasteiger partial charge in [-0.15, -0.1) is 0 Å². The Morgan fingerprint density at radius 1 is 1.30 bits per heavy atom. The predicted molar refractivity (Wildman–Crippen MR) is 84.7 cm³/mol. The fourth-order valence-electron chi connectivity index (χ4n) is 2.33. The third-order valence-corrected chi connectivity index (χ3v) is 3.59. The van der Waals surface area contributed by atoms with Crippen molar-refractivity contribution in [3.05, 3.63) is 48.7 Å². The Morgan fingerprint density at radius 3 is 2.87 bits per heavy atom. The minimum Gasteiger partial charge on any atom is -0.454 e. The van der Waals surface area contributed by atoms with Crippen molar-refractivity contribution < 1.29 is 23.4 Å². The molecule has 0 radical (unpaired) electrons. The normalized spacial score (nSPS) is 12.0. The van der Waals surface area contributed by atoms with E-state index in [1.807, 2.05) is 18.2 Å². The molecule has 0 unspecified atom stereocenters. The number of rotatable bonds is 5. The first-order chi connectivity index (χ1) is 11.2. The van der Waals surface area contributed by atoms with E-state index in [0.29, 0.717) is 24.6 Å². The van der Waals surface area contributed by atoms with Gasteiger partial charge in [-0.1, -0.05) is 12.6 Å². The van der Waals surface area contributed by atoms with Gasteiger partial charge in [0, 0.05) is 12.6 Å². The first-order valence-electron chi connectivity index (χ1n) is 7.16. The molecular weight excluding hydrogens is 298 g/mol. The fraction of sp³-hybridized carbons (Fsp3) is 0.235. The summed E-state index contributed by atoms with van der Waals surface area (Å²) in [5.74, 6) is 1.88. The summed E-state index contributed by atoms with van der Waals surface area (Å²) >= 11 is 0. The summed E-state index contributed by atoms with van der Waals surface area (Å²) in [6, 6.07) is 9.09. The van der Waals surface area contributed by atoms with Crippen LogP contribution < -0.4 is 14.4 Å². The quantitative estimate of drug-likeness (QED) is 0.842. The first-order valence-corrected chi connectivity index (χ1v) is 7.16. The van der Waals surface area contributed by atoms with E-state index in [0.717, 1.165) is 16.9 Å². The molecule has 120 valence electrons. The Balaban J connectivity index is 1.68. The van der Waals surface area contributed by atoms with Crippen molar-refractivity contribution in [3.8, 4) is 11.5 Å². The number of benzene rings is 1. The van der Waals surface area contributed by atoms with E-state index >= 15 is 0 Å². The number of fused-ring (bicyclic) bond motifs is 1. The van der Waals surface area contributed by atoms with E-state index in [1.165, 1.54) is 18.3 Å².